The van der Waals surface area contributed by atoms with Crippen molar-refractivity contribution in [1.29, 1.82) is 0 Å². The number of aromatic nitrogens is 1. The van der Waals surface area contributed by atoms with Gasteiger partial charge in [0.1, 0.15) is 11.3 Å². The molecule has 20 heavy (non-hydrogen) atoms. The molecule has 1 N–H and O–H groups in total. The lowest BCUT2D eigenvalue weighted by Gasteiger charge is -2.10. The van der Waals surface area contributed by atoms with Gasteiger partial charge in [-0.25, -0.2) is 9.37 Å². The van der Waals surface area contributed by atoms with Crippen LogP contribution in [0.3, 0.4) is 0 Å². The summed E-state index contributed by atoms with van der Waals surface area (Å²) in [6, 6.07) is 11.8. The van der Waals surface area contributed by atoms with E-state index in [0.29, 0.717) is 15.9 Å². The van der Waals surface area contributed by atoms with Gasteiger partial charge >= 0.3 is 0 Å². The third-order valence-electron chi connectivity index (χ3n) is 3.02. The molecule has 0 bridgehead atoms. The summed E-state index contributed by atoms with van der Waals surface area (Å²) in [6.45, 7) is 0. The summed E-state index contributed by atoms with van der Waals surface area (Å²) in [5, 5.41) is 10.1. The first-order valence-electron chi connectivity index (χ1n) is 6.11. The first kappa shape index (κ1) is 13.3. The van der Waals surface area contributed by atoms with Gasteiger partial charge in [0.05, 0.1) is 12.5 Å². The van der Waals surface area contributed by atoms with E-state index in [1.807, 2.05) is 18.2 Å². The minimum absolute atomic E-state index is 0.127. The second kappa shape index (κ2) is 5.34. The summed E-state index contributed by atoms with van der Waals surface area (Å²) >= 11 is 3.26. The van der Waals surface area contributed by atoms with Crippen LogP contribution in [-0.4, -0.2) is 10.1 Å². The molecular weight excluding hydrogens is 325 g/mol. The molecule has 1 unspecified atom stereocenters. The van der Waals surface area contributed by atoms with Crippen molar-refractivity contribution in [2.24, 2.45) is 0 Å². The van der Waals surface area contributed by atoms with E-state index in [9.17, 15) is 9.50 Å². The van der Waals surface area contributed by atoms with Crippen molar-refractivity contribution in [2.75, 3.05) is 0 Å². The SMILES string of the molecule is OC(Cc1nc2ccccc2o1)c1cc(Br)ccc1F. The van der Waals surface area contributed by atoms with Crippen molar-refractivity contribution in [3.63, 3.8) is 0 Å². The van der Waals surface area contributed by atoms with Gasteiger partial charge in [-0.2, -0.15) is 0 Å². The number of oxazole rings is 1. The molecule has 3 rings (SSSR count). The minimum atomic E-state index is -0.999. The maximum Gasteiger partial charge on any atom is 0.198 e. The average Bonchev–Trinajstić information content (AvgIpc) is 2.83. The highest BCUT2D eigenvalue weighted by Crippen LogP contribution is 2.25. The number of nitrogens with zero attached hydrogens (tertiary/aromatic N) is 1. The van der Waals surface area contributed by atoms with Gasteiger partial charge in [-0.3, -0.25) is 0 Å². The molecule has 2 aromatic carbocycles. The van der Waals surface area contributed by atoms with Crippen LogP contribution in [-0.2, 0) is 6.42 Å². The number of aliphatic hydroxyl groups is 1. The fourth-order valence-corrected chi connectivity index (χ4v) is 2.43. The molecule has 102 valence electrons. The molecule has 0 saturated carbocycles. The van der Waals surface area contributed by atoms with Crippen molar-refractivity contribution in [3.05, 3.63) is 64.2 Å². The smallest absolute Gasteiger partial charge is 0.198 e. The van der Waals surface area contributed by atoms with Crippen LogP contribution < -0.4 is 0 Å². The van der Waals surface area contributed by atoms with Crippen molar-refractivity contribution >= 4 is 27.0 Å². The van der Waals surface area contributed by atoms with E-state index in [-0.39, 0.29) is 12.0 Å². The van der Waals surface area contributed by atoms with Gasteiger partial charge in [-0.1, -0.05) is 28.1 Å². The Morgan fingerprint density at radius 2 is 2.05 bits per heavy atom. The number of benzene rings is 2. The Morgan fingerprint density at radius 1 is 1.25 bits per heavy atom. The van der Waals surface area contributed by atoms with Crippen LogP contribution in [0.25, 0.3) is 11.1 Å². The molecule has 5 heteroatoms. The topological polar surface area (TPSA) is 46.3 Å². The fourth-order valence-electron chi connectivity index (χ4n) is 2.05. The van der Waals surface area contributed by atoms with Crippen molar-refractivity contribution in [1.82, 2.24) is 4.98 Å². The highest BCUT2D eigenvalue weighted by atomic mass is 79.9. The Hall–Kier alpha value is -1.72. The lowest BCUT2D eigenvalue weighted by Crippen LogP contribution is -2.04. The third-order valence-corrected chi connectivity index (χ3v) is 3.52. The van der Waals surface area contributed by atoms with E-state index >= 15 is 0 Å². The molecule has 3 nitrogen and oxygen atoms in total. The van der Waals surface area contributed by atoms with Crippen LogP contribution in [0.2, 0.25) is 0 Å². The van der Waals surface area contributed by atoms with Gasteiger partial charge in [0.15, 0.2) is 11.5 Å². The molecule has 0 aliphatic carbocycles. The van der Waals surface area contributed by atoms with Crippen LogP contribution in [0.4, 0.5) is 4.39 Å². The van der Waals surface area contributed by atoms with Gasteiger partial charge in [-0.15, -0.1) is 0 Å². The van der Waals surface area contributed by atoms with Gasteiger partial charge in [-0.05, 0) is 30.3 Å². The zero-order chi connectivity index (χ0) is 14.1. The summed E-state index contributed by atoms with van der Waals surface area (Å²) in [5.74, 6) is -0.0603. The Kier molecular flexibility index (Phi) is 3.54. The molecule has 3 aromatic rings. The van der Waals surface area contributed by atoms with Crippen LogP contribution in [0.5, 0.6) is 0 Å². The first-order chi connectivity index (χ1) is 9.63. The number of fused-ring (bicyclic) bond motifs is 1. The molecule has 0 aliphatic rings. The second-order valence-corrected chi connectivity index (χ2v) is 5.38. The van der Waals surface area contributed by atoms with Gasteiger partial charge < -0.3 is 9.52 Å². The van der Waals surface area contributed by atoms with Gasteiger partial charge in [0.25, 0.3) is 0 Å². The Morgan fingerprint density at radius 3 is 2.85 bits per heavy atom. The maximum atomic E-state index is 13.7. The lowest BCUT2D eigenvalue weighted by molar-refractivity contribution is 0.165. The summed E-state index contributed by atoms with van der Waals surface area (Å²) in [5.41, 5.74) is 1.61. The molecule has 0 saturated heterocycles. The zero-order valence-electron chi connectivity index (χ0n) is 10.4. The maximum absolute atomic E-state index is 13.7. The number of hydrogen-bond donors (Lipinski definition) is 1. The van der Waals surface area contributed by atoms with E-state index in [1.54, 1.807) is 18.2 Å². The van der Waals surface area contributed by atoms with E-state index < -0.39 is 11.9 Å². The molecule has 0 spiro atoms. The fraction of sp³-hybridized carbons (Fsp3) is 0.133. The van der Waals surface area contributed by atoms with E-state index in [2.05, 4.69) is 20.9 Å². The Labute approximate surface area is 123 Å². The number of aliphatic hydroxyl groups excluding tert-OH is 1. The second-order valence-electron chi connectivity index (χ2n) is 4.46. The van der Waals surface area contributed by atoms with Crippen LogP contribution in [0.1, 0.15) is 17.6 Å². The molecule has 1 aromatic heterocycles. The lowest BCUT2D eigenvalue weighted by atomic mass is 10.1. The molecule has 0 amide bonds. The summed E-state index contributed by atoms with van der Waals surface area (Å²) in [6.07, 6.45) is -0.872. The van der Waals surface area contributed by atoms with Crippen LogP contribution >= 0.6 is 15.9 Å². The van der Waals surface area contributed by atoms with Gasteiger partial charge in [0.2, 0.25) is 0 Å². The average molecular weight is 336 g/mol. The molecule has 0 aliphatic heterocycles. The predicted molar refractivity (Wildman–Crippen MR) is 76.8 cm³/mol. The molecule has 0 radical (unpaired) electrons. The van der Waals surface area contributed by atoms with Crippen molar-refractivity contribution in [3.8, 4) is 0 Å². The highest BCUT2D eigenvalue weighted by Gasteiger charge is 2.17. The van der Waals surface area contributed by atoms with Crippen LogP contribution in [0, 0.1) is 5.82 Å². The molecule has 0 fully saturated rings. The van der Waals surface area contributed by atoms with Crippen molar-refractivity contribution in [2.45, 2.75) is 12.5 Å². The Balaban J connectivity index is 1.88. The highest BCUT2D eigenvalue weighted by molar-refractivity contribution is 9.10. The molecule has 1 atom stereocenters. The predicted octanol–water partition coefficient (Wildman–Crippen LogP) is 4.01. The van der Waals surface area contributed by atoms with E-state index in [1.165, 1.54) is 6.07 Å². The zero-order valence-corrected chi connectivity index (χ0v) is 12.0. The molecule has 1 heterocycles. The number of halogens is 2. The monoisotopic (exact) mass is 335 g/mol. The largest absolute Gasteiger partial charge is 0.441 e. The summed E-state index contributed by atoms with van der Waals surface area (Å²) in [7, 11) is 0. The minimum Gasteiger partial charge on any atom is -0.441 e. The van der Waals surface area contributed by atoms with E-state index in [0.717, 1.165) is 5.52 Å². The number of para-hydroxylation sites is 2. The standard InChI is InChI=1S/C15H11BrFNO2/c16-9-5-6-11(17)10(7-9)13(19)8-15-18-12-3-1-2-4-14(12)20-15/h1-7,13,19H,8H2. The number of hydrogen-bond acceptors (Lipinski definition) is 3. The van der Waals surface area contributed by atoms with E-state index in [4.69, 9.17) is 4.42 Å². The third kappa shape index (κ3) is 2.59. The normalized spacial score (nSPS) is 12.8. The summed E-state index contributed by atoms with van der Waals surface area (Å²) < 4.78 is 19.9. The molecular formula is C15H11BrFNO2. The Bertz CT molecular complexity index is 723. The number of rotatable bonds is 3. The van der Waals surface area contributed by atoms with Gasteiger partial charge in [0, 0.05) is 10.0 Å². The summed E-state index contributed by atoms with van der Waals surface area (Å²) in [4.78, 5) is 4.27. The first-order valence-corrected chi connectivity index (χ1v) is 6.90. The van der Waals surface area contributed by atoms with Crippen molar-refractivity contribution < 1.29 is 13.9 Å². The van der Waals surface area contributed by atoms with Crippen LogP contribution in [0.15, 0.2) is 51.4 Å². The quantitative estimate of drug-likeness (QED) is 0.786.